The zero-order chi connectivity index (χ0) is 7.56. The average molecular weight is 139 g/mol. The molecule has 0 saturated carbocycles. The first-order valence-electron chi connectivity index (χ1n) is 3.62. The van der Waals surface area contributed by atoms with Crippen molar-refractivity contribution in [1.29, 1.82) is 0 Å². The lowest BCUT2D eigenvalue weighted by Gasteiger charge is -2.04. The highest BCUT2D eigenvalue weighted by molar-refractivity contribution is 5.96. The fourth-order valence-electron chi connectivity index (χ4n) is 1.23. The van der Waals surface area contributed by atoms with Crippen LogP contribution >= 0.6 is 0 Å². The predicted molar refractivity (Wildman–Crippen MR) is 40.8 cm³/mol. The van der Waals surface area contributed by atoms with Crippen molar-refractivity contribution in [1.82, 2.24) is 5.32 Å². The summed E-state index contributed by atoms with van der Waals surface area (Å²) in [5.74, 6) is 0.433. The van der Waals surface area contributed by atoms with Gasteiger partial charge in [0.25, 0.3) is 0 Å². The third-order valence-corrected chi connectivity index (χ3v) is 1.85. The highest BCUT2D eigenvalue weighted by atomic mass is 16.1. The first-order chi connectivity index (χ1) is 4.72. The first kappa shape index (κ1) is 7.48. The smallest absolute Gasteiger partial charge is 0.162 e. The van der Waals surface area contributed by atoms with Crippen molar-refractivity contribution in [2.75, 3.05) is 13.1 Å². The number of rotatable bonds is 2. The van der Waals surface area contributed by atoms with E-state index in [0.29, 0.717) is 5.57 Å². The molecule has 0 aromatic rings. The quantitative estimate of drug-likeness (QED) is 0.572. The van der Waals surface area contributed by atoms with E-state index in [-0.39, 0.29) is 11.7 Å². The molecule has 1 atom stereocenters. The van der Waals surface area contributed by atoms with Gasteiger partial charge in [-0.15, -0.1) is 0 Å². The lowest BCUT2D eigenvalue weighted by molar-refractivity contribution is -0.118. The SMILES string of the molecule is C=C(C)C(=O)[C@H]1CCNC1. The first-order valence-corrected chi connectivity index (χ1v) is 3.62. The van der Waals surface area contributed by atoms with E-state index in [4.69, 9.17) is 0 Å². The minimum absolute atomic E-state index is 0.206. The number of hydrogen-bond donors (Lipinski definition) is 1. The Morgan fingerprint density at radius 2 is 2.40 bits per heavy atom. The molecular formula is C8H13NO. The Bertz CT molecular complexity index is 157. The van der Waals surface area contributed by atoms with Gasteiger partial charge in [-0.25, -0.2) is 0 Å². The van der Waals surface area contributed by atoms with Gasteiger partial charge in [0, 0.05) is 12.5 Å². The van der Waals surface area contributed by atoms with Crippen LogP contribution in [0.2, 0.25) is 0 Å². The van der Waals surface area contributed by atoms with E-state index in [0.717, 1.165) is 19.5 Å². The monoisotopic (exact) mass is 139 g/mol. The number of ketones is 1. The number of Topliss-reactive ketones (excluding diaryl/α,β-unsaturated/α-hetero) is 1. The summed E-state index contributed by atoms with van der Waals surface area (Å²) >= 11 is 0. The van der Waals surface area contributed by atoms with E-state index in [2.05, 4.69) is 11.9 Å². The normalized spacial score (nSPS) is 24.7. The minimum Gasteiger partial charge on any atom is -0.316 e. The van der Waals surface area contributed by atoms with Gasteiger partial charge in [-0.2, -0.15) is 0 Å². The summed E-state index contributed by atoms with van der Waals surface area (Å²) in [7, 11) is 0. The molecular weight excluding hydrogens is 126 g/mol. The van der Waals surface area contributed by atoms with Gasteiger partial charge in [-0.05, 0) is 25.5 Å². The van der Waals surface area contributed by atoms with Gasteiger partial charge in [0.15, 0.2) is 5.78 Å². The molecule has 1 aliphatic rings. The van der Waals surface area contributed by atoms with Crippen molar-refractivity contribution < 1.29 is 4.79 Å². The second kappa shape index (κ2) is 2.97. The van der Waals surface area contributed by atoms with Crippen molar-refractivity contribution in [3.8, 4) is 0 Å². The molecule has 1 fully saturated rings. The molecule has 0 unspecified atom stereocenters. The van der Waals surface area contributed by atoms with E-state index >= 15 is 0 Å². The number of hydrogen-bond acceptors (Lipinski definition) is 2. The maximum Gasteiger partial charge on any atom is 0.162 e. The lowest BCUT2D eigenvalue weighted by Crippen LogP contribution is -2.17. The summed E-state index contributed by atoms with van der Waals surface area (Å²) in [4.78, 5) is 11.2. The maximum absolute atomic E-state index is 11.2. The summed E-state index contributed by atoms with van der Waals surface area (Å²) in [5.41, 5.74) is 0.689. The molecule has 1 saturated heterocycles. The van der Waals surface area contributed by atoms with Gasteiger partial charge in [0.05, 0.1) is 0 Å². The Balaban J connectivity index is 2.48. The van der Waals surface area contributed by atoms with Crippen LogP contribution < -0.4 is 5.32 Å². The van der Waals surface area contributed by atoms with Crippen LogP contribution in [0.5, 0.6) is 0 Å². The van der Waals surface area contributed by atoms with E-state index < -0.39 is 0 Å². The number of carbonyl (C=O) groups is 1. The fraction of sp³-hybridized carbons (Fsp3) is 0.625. The second-order valence-electron chi connectivity index (χ2n) is 2.83. The molecule has 1 N–H and O–H groups in total. The zero-order valence-corrected chi connectivity index (χ0v) is 6.31. The van der Waals surface area contributed by atoms with Crippen LogP contribution in [0.4, 0.5) is 0 Å². The average Bonchev–Trinajstić information content (AvgIpc) is 2.36. The van der Waals surface area contributed by atoms with Crippen LogP contribution in [-0.2, 0) is 4.79 Å². The third-order valence-electron chi connectivity index (χ3n) is 1.85. The number of nitrogens with one attached hydrogen (secondary N) is 1. The molecule has 0 aliphatic carbocycles. The number of allylic oxidation sites excluding steroid dienone is 1. The van der Waals surface area contributed by atoms with Crippen LogP contribution in [0.25, 0.3) is 0 Å². The van der Waals surface area contributed by atoms with Crippen LogP contribution in [-0.4, -0.2) is 18.9 Å². The van der Waals surface area contributed by atoms with Gasteiger partial charge < -0.3 is 5.32 Å². The summed E-state index contributed by atoms with van der Waals surface area (Å²) in [5, 5.41) is 3.15. The van der Waals surface area contributed by atoms with Gasteiger partial charge in [-0.1, -0.05) is 6.58 Å². The van der Waals surface area contributed by atoms with Gasteiger partial charge >= 0.3 is 0 Å². The summed E-state index contributed by atoms with van der Waals surface area (Å²) in [6.07, 6.45) is 0.978. The van der Waals surface area contributed by atoms with E-state index in [1.54, 1.807) is 6.92 Å². The number of carbonyl (C=O) groups excluding carboxylic acids is 1. The molecule has 0 spiro atoms. The highest BCUT2D eigenvalue weighted by Crippen LogP contribution is 2.12. The van der Waals surface area contributed by atoms with Crippen molar-refractivity contribution >= 4 is 5.78 Å². The summed E-state index contributed by atoms with van der Waals surface area (Å²) < 4.78 is 0. The molecule has 2 heteroatoms. The molecule has 1 aliphatic heterocycles. The van der Waals surface area contributed by atoms with Gasteiger partial charge in [0.2, 0.25) is 0 Å². The third kappa shape index (κ3) is 1.45. The van der Waals surface area contributed by atoms with E-state index in [1.807, 2.05) is 0 Å². The summed E-state index contributed by atoms with van der Waals surface area (Å²) in [6.45, 7) is 7.22. The Hall–Kier alpha value is -0.630. The van der Waals surface area contributed by atoms with Crippen LogP contribution in [0, 0.1) is 5.92 Å². The van der Waals surface area contributed by atoms with Gasteiger partial charge in [-0.3, -0.25) is 4.79 Å². The van der Waals surface area contributed by atoms with Crippen molar-refractivity contribution in [2.24, 2.45) is 5.92 Å². The summed E-state index contributed by atoms with van der Waals surface area (Å²) in [6, 6.07) is 0. The topological polar surface area (TPSA) is 29.1 Å². The molecule has 10 heavy (non-hydrogen) atoms. The molecule has 1 heterocycles. The highest BCUT2D eigenvalue weighted by Gasteiger charge is 2.21. The van der Waals surface area contributed by atoms with Gasteiger partial charge in [0.1, 0.15) is 0 Å². The van der Waals surface area contributed by atoms with Crippen molar-refractivity contribution in [3.05, 3.63) is 12.2 Å². The molecule has 0 amide bonds. The Labute approximate surface area is 61.3 Å². The molecule has 0 aromatic carbocycles. The van der Waals surface area contributed by atoms with Crippen molar-refractivity contribution in [2.45, 2.75) is 13.3 Å². The van der Waals surface area contributed by atoms with E-state index in [9.17, 15) is 4.79 Å². The van der Waals surface area contributed by atoms with Crippen LogP contribution in [0.1, 0.15) is 13.3 Å². The van der Waals surface area contributed by atoms with Crippen LogP contribution in [0.15, 0.2) is 12.2 Å². The largest absolute Gasteiger partial charge is 0.316 e. The standard InChI is InChI=1S/C8H13NO/c1-6(2)8(10)7-3-4-9-5-7/h7,9H,1,3-5H2,2H3/t7-/m0/s1. The maximum atomic E-state index is 11.2. The molecule has 2 nitrogen and oxygen atoms in total. The van der Waals surface area contributed by atoms with E-state index in [1.165, 1.54) is 0 Å². The Morgan fingerprint density at radius 3 is 2.80 bits per heavy atom. The Morgan fingerprint density at radius 1 is 1.70 bits per heavy atom. The predicted octanol–water partition coefficient (Wildman–Crippen LogP) is 0.741. The van der Waals surface area contributed by atoms with Crippen molar-refractivity contribution in [3.63, 3.8) is 0 Å². The Kier molecular flexibility index (Phi) is 2.22. The molecule has 0 bridgehead atoms. The molecule has 1 rings (SSSR count). The molecule has 56 valence electrons. The second-order valence-corrected chi connectivity index (χ2v) is 2.83. The molecule has 0 aromatic heterocycles. The zero-order valence-electron chi connectivity index (χ0n) is 6.31. The minimum atomic E-state index is 0.206. The lowest BCUT2D eigenvalue weighted by atomic mass is 9.99. The molecule has 0 radical (unpaired) electrons. The fourth-order valence-corrected chi connectivity index (χ4v) is 1.23. The van der Waals surface area contributed by atoms with Crippen LogP contribution in [0.3, 0.4) is 0 Å².